The molecule has 0 aliphatic heterocycles. The van der Waals surface area contributed by atoms with Gasteiger partial charge in [0, 0.05) is 12.6 Å². The number of anilines is 1. The summed E-state index contributed by atoms with van der Waals surface area (Å²) in [7, 11) is 1.84. The van der Waals surface area contributed by atoms with Gasteiger partial charge < -0.3 is 4.57 Å². The molecule has 7 nitrogen and oxygen atoms in total. The molecular weight excluding hydrogens is 344 g/mol. The topological polar surface area (TPSA) is 85.6 Å². The third kappa shape index (κ3) is 3.80. The summed E-state index contributed by atoms with van der Waals surface area (Å²) in [5.41, 5.74) is 2.15. The van der Waals surface area contributed by atoms with Crippen molar-refractivity contribution in [1.29, 1.82) is 0 Å². The third-order valence-corrected chi connectivity index (χ3v) is 5.28. The number of thioether (sulfide) groups is 1. The molecule has 1 amide bonds. The molecular formula is C15H16N6OS2. The Kier molecular flexibility index (Phi) is 4.91. The van der Waals surface area contributed by atoms with E-state index in [1.165, 1.54) is 23.1 Å². The van der Waals surface area contributed by atoms with Gasteiger partial charge in [-0.3, -0.25) is 10.1 Å². The fourth-order valence-corrected chi connectivity index (χ4v) is 3.50. The lowest BCUT2D eigenvalue weighted by molar-refractivity contribution is -0.115. The molecule has 9 heteroatoms. The zero-order valence-electron chi connectivity index (χ0n) is 13.4. The lowest BCUT2D eigenvalue weighted by atomic mass is 10.1. The number of nitrogens with zero attached hydrogens (tertiary/aromatic N) is 5. The maximum Gasteiger partial charge on any atom is 0.239 e. The first-order valence-corrected chi connectivity index (χ1v) is 8.94. The number of amides is 1. The average molecular weight is 360 g/mol. The van der Waals surface area contributed by atoms with Gasteiger partial charge in [0.25, 0.3) is 0 Å². The van der Waals surface area contributed by atoms with Crippen LogP contribution >= 0.6 is 23.1 Å². The fourth-order valence-electron chi connectivity index (χ4n) is 1.97. The van der Waals surface area contributed by atoms with Crippen LogP contribution in [-0.2, 0) is 11.8 Å². The van der Waals surface area contributed by atoms with Gasteiger partial charge in [0.2, 0.25) is 11.0 Å². The minimum absolute atomic E-state index is 0.144. The molecule has 0 bridgehead atoms. The quantitative estimate of drug-likeness (QED) is 0.704. The molecule has 0 fully saturated rings. The van der Waals surface area contributed by atoms with Crippen molar-refractivity contribution in [2.45, 2.75) is 24.3 Å². The summed E-state index contributed by atoms with van der Waals surface area (Å²) in [6.45, 7) is 3.84. The van der Waals surface area contributed by atoms with E-state index in [1.54, 1.807) is 10.9 Å². The Labute approximate surface area is 147 Å². The fraction of sp³-hybridized carbons (Fsp3) is 0.267. The summed E-state index contributed by atoms with van der Waals surface area (Å²) in [6.07, 6.45) is 1.60. The molecule has 24 heavy (non-hydrogen) atoms. The highest BCUT2D eigenvalue weighted by Gasteiger charge is 2.19. The second-order valence-electron chi connectivity index (χ2n) is 5.26. The molecule has 2 aromatic heterocycles. The highest BCUT2D eigenvalue weighted by Crippen LogP contribution is 2.28. The van der Waals surface area contributed by atoms with Crippen molar-refractivity contribution in [3.05, 3.63) is 36.2 Å². The van der Waals surface area contributed by atoms with E-state index in [0.717, 1.165) is 16.1 Å². The third-order valence-electron chi connectivity index (χ3n) is 3.24. The van der Waals surface area contributed by atoms with Crippen LogP contribution in [0.2, 0.25) is 0 Å². The number of nitrogens with one attached hydrogen (secondary N) is 1. The summed E-state index contributed by atoms with van der Waals surface area (Å²) < 4.78 is 1.77. The van der Waals surface area contributed by atoms with E-state index >= 15 is 0 Å². The zero-order valence-corrected chi connectivity index (χ0v) is 15.1. The van der Waals surface area contributed by atoms with Gasteiger partial charge in [0.1, 0.15) is 11.3 Å². The van der Waals surface area contributed by atoms with Crippen LogP contribution in [0.5, 0.6) is 0 Å². The van der Waals surface area contributed by atoms with Gasteiger partial charge in [-0.2, -0.15) is 0 Å². The Balaban J connectivity index is 1.66. The van der Waals surface area contributed by atoms with Gasteiger partial charge in [-0.05, 0) is 19.9 Å². The van der Waals surface area contributed by atoms with E-state index in [-0.39, 0.29) is 11.2 Å². The van der Waals surface area contributed by atoms with Crippen LogP contribution in [-0.4, -0.2) is 36.1 Å². The van der Waals surface area contributed by atoms with Crippen LogP contribution in [0.3, 0.4) is 0 Å². The predicted molar refractivity (Wildman–Crippen MR) is 95.0 cm³/mol. The molecule has 0 radical (unpaired) electrons. The van der Waals surface area contributed by atoms with Crippen molar-refractivity contribution in [2.75, 3.05) is 5.32 Å². The number of hydrogen-bond acceptors (Lipinski definition) is 7. The van der Waals surface area contributed by atoms with Crippen molar-refractivity contribution >= 4 is 34.1 Å². The van der Waals surface area contributed by atoms with E-state index in [2.05, 4.69) is 25.7 Å². The minimum Gasteiger partial charge on any atom is -0.312 e. The molecule has 0 aliphatic rings. The van der Waals surface area contributed by atoms with Gasteiger partial charge in [0.15, 0.2) is 5.16 Å². The van der Waals surface area contributed by atoms with Crippen LogP contribution < -0.4 is 5.32 Å². The smallest absolute Gasteiger partial charge is 0.239 e. The van der Waals surface area contributed by atoms with Crippen molar-refractivity contribution in [1.82, 2.24) is 25.0 Å². The Morgan fingerprint density at radius 1 is 1.33 bits per heavy atom. The molecule has 0 saturated heterocycles. The number of aryl methyl sites for hydroxylation is 2. The van der Waals surface area contributed by atoms with Crippen molar-refractivity contribution < 1.29 is 4.79 Å². The first-order chi connectivity index (χ1) is 11.5. The van der Waals surface area contributed by atoms with E-state index in [4.69, 9.17) is 0 Å². The molecule has 0 spiro atoms. The standard InChI is InChI=1S/C15H16N6OS2/c1-9-5-4-6-11(7-9)13-18-19-14(24-13)17-12(22)10(2)23-15-20-16-8-21(15)3/h4-8,10H,1-3H3,(H,17,19,22)/t10-/m0/s1. The monoisotopic (exact) mass is 360 g/mol. The first kappa shape index (κ1) is 16.6. The van der Waals surface area contributed by atoms with E-state index < -0.39 is 0 Å². The van der Waals surface area contributed by atoms with Crippen molar-refractivity contribution in [3.8, 4) is 10.6 Å². The van der Waals surface area contributed by atoms with Crippen LogP contribution in [0.15, 0.2) is 35.7 Å². The van der Waals surface area contributed by atoms with Crippen LogP contribution in [0.25, 0.3) is 10.6 Å². The summed E-state index contributed by atoms with van der Waals surface area (Å²) in [6, 6.07) is 8.02. The summed E-state index contributed by atoms with van der Waals surface area (Å²) in [5.74, 6) is -0.144. The number of carbonyl (C=O) groups excluding carboxylic acids is 1. The highest BCUT2D eigenvalue weighted by atomic mass is 32.2. The Morgan fingerprint density at radius 3 is 2.88 bits per heavy atom. The molecule has 1 N–H and O–H groups in total. The van der Waals surface area contributed by atoms with Crippen LogP contribution in [0.4, 0.5) is 5.13 Å². The van der Waals surface area contributed by atoms with Crippen molar-refractivity contribution in [2.24, 2.45) is 7.05 Å². The van der Waals surface area contributed by atoms with Gasteiger partial charge in [0.05, 0.1) is 5.25 Å². The second-order valence-corrected chi connectivity index (χ2v) is 7.54. The number of hydrogen-bond donors (Lipinski definition) is 1. The van der Waals surface area contributed by atoms with Crippen molar-refractivity contribution in [3.63, 3.8) is 0 Å². The summed E-state index contributed by atoms with van der Waals surface area (Å²) >= 11 is 2.70. The number of carbonyl (C=O) groups is 1. The number of benzene rings is 1. The molecule has 124 valence electrons. The maximum absolute atomic E-state index is 12.3. The lowest BCUT2D eigenvalue weighted by Gasteiger charge is -2.08. The zero-order chi connectivity index (χ0) is 17.1. The normalized spacial score (nSPS) is 12.1. The molecule has 1 atom stereocenters. The second kappa shape index (κ2) is 7.10. The Bertz CT molecular complexity index is 859. The molecule has 1 aromatic carbocycles. The van der Waals surface area contributed by atoms with Gasteiger partial charge in [-0.25, -0.2) is 0 Å². The molecule has 2 heterocycles. The summed E-state index contributed by atoms with van der Waals surface area (Å²) in [5, 5.41) is 20.4. The maximum atomic E-state index is 12.3. The Hall–Kier alpha value is -2.26. The largest absolute Gasteiger partial charge is 0.312 e. The molecule has 3 rings (SSSR count). The molecule has 0 saturated carbocycles. The molecule has 0 aliphatic carbocycles. The van der Waals surface area contributed by atoms with Crippen LogP contribution in [0.1, 0.15) is 12.5 Å². The highest BCUT2D eigenvalue weighted by molar-refractivity contribution is 8.00. The first-order valence-electron chi connectivity index (χ1n) is 7.25. The lowest BCUT2D eigenvalue weighted by Crippen LogP contribution is -2.22. The number of aromatic nitrogens is 5. The SMILES string of the molecule is Cc1cccc(-c2nnc(NC(=O)[C@H](C)Sc3nncn3C)s2)c1. The van der Waals surface area contributed by atoms with Gasteiger partial charge >= 0.3 is 0 Å². The molecule has 0 unspecified atom stereocenters. The van der Waals surface area contributed by atoms with E-state index in [9.17, 15) is 4.79 Å². The van der Waals surface area contributed by atoms with E-state index in [1.807, 2.05) is 45.2 Å². The molecule has 3 aromatic rings. The van der Waals surface area contributed by atoms with Gasteiger partial charge in [-0.1, -0.05) is 46.9 Å². The summed E-state index contributed by atoms with van der Waals surface area (Å²) in [4.78, 5) is 12.3. The predicted octanol–water partition coefficient (Wildman–Crippen LogP) is 2.76. The minimum atomic E-state index is -0.320. The van der Waals surface area contributed by atoms with Crippen LogP contribution in [0, 0.1) is 6.92 Å². The Morgan fingerprint density at radius 2 is 2.17 bits per heavy atom. The average Bonchev–Trinajstić information content (AvgIpc) is 3.17. The number of rotatable bonds is 5. The van der Waals surface area contributed by atoms with Gasteiger partial charge in [-0.15, -0.1) is 20.4 Å². The van der Waals surface area contributed by atoms with E-state index in [0.29, 0.717) is 10.3 Å².